The van der Waals surface area contributed by atoms with E-state index in [0.29, 0.717) is 0 Å². The lowest BCUT2D eigenvalue weighted by molar-refractivity contribution is 0.677. The second-order valence-electron chi connectivity index (χ2n) is 5.39. The van der Waals surface area contributed by atoms with Gasteiger partial charge >= 0.3 is 0 Å². The van der Waals surface area contributed by atoms with Gasteiger partial charge in [-0.05, 0) is 24.8 Å². The van der Waals surface area contributed by atoms with E-state index in [1.807, 2.05) is 30.8 Å². The van der Waals surface area contributed by atoms with E-state index in [1.165, 1.54) is 5.52 Å². The van der Waals surface area contributed by atoms with Crippen LogP contribution < -0.4 is 5.32 Å². The van der Waals surface area contributed by atoms with Crippen LogP contribution in [0.3, 0.4) is 0 Å². The highest BCUT2D eigenvalue weighted by Gasteiger charge is 2.11. The first-order valence-electron chi connectivity index (χ1n) is 7.73. The van der Waals surface area contributed by atoms with E-state index < -0.39 is 0 Å². The molecule has 0 radical (unpaired) electrons. The summed E-state index contributed by atoms with van der Waals surface area (Å²) in [6.45, 7) is 1.72. The van der Waals surface area contributed by atoms with Crippen molar-refractivity contribution >= 4 is 39.6 Å². The molecule has 3 aromatic heterocycles. The molecular formula is C16H17N7S. The Hall–Kier alpha value is -2.61. The van der Waals surface area contributed by atoms with Crippen LogP contribution in [0.15, 0.2) is 41.9 Å². The van der Waals surface area contributed by atoms with Crippen LogP contribution in [0.5, 0.6) is 0 Å². The van der Waals surface area contributed by atoms with E-state index in [0.717, 1.165) is 46.9 Å². The average molecular weight is 339 g/mol. The molecule has 0 aliphatic rings. The summed E-state index contributed by atoms with van der Waals surface area (Å²) in [5.74, 6) is 0.827. The van der Waals surface area contributed by atoms with Crippen molar-refractivity contribution in [1.82, 2.24) is 29.7 Å². The number of thioether (sulfide) groups is 1. The van der Waals surface area contributed by atoms with E-state index >= 15 is 0 Å². The number of para-hydroxylation sites is 2. The molecule has 24 heavy (non-hydrogen) atoms. The number of imidazole rings is 1. The summed E-state index contributed by atoms with van der Waals surface area (Å²) in [7, 11) is 0. The van der Waals surface area contributed by atoms with Crippen LogP contribution in [0, 0.1) is 0 Å². The highest BCUT2D eigenvalue weighted by molar-refractivity contribution is 7.98. The van der Waals surface area contributed by atoms with E-state index in [-0.39, 0.29) is 0 Å². The van der Waals surface area contributed by atoms with Crippen LogP contribution in [0.4, 0.5) is 5.82 Å². The highest BCUT2D eigenvalue weighted by atomic mass is 32.2. The van der Waals surface area contributed by atoms with Gasteiger partial charge in [0.25, 0.3) is 0 Å². The molecule has 0 spiro atoms. The largest absolute Gasteiger partial charge is 0.369 e. The van der Waals surface area contributed by atoms with Crippen LogP contribution in [-0.4, -0.2) is 42.5 Å². The number of aromatic amines is 1. The number of aromatic nitrogens is 6. The molecule has 0 fully saturated rings. The number of aryl methyl sites for hydroxylation is 1. The van der Waals surface area contributed by atoms with Crippen molar-refractivity contribution in [3.8, 4) is 0 Å². The van der Waals surface area contributed by atoms with Gasteiger partial charge in [-0.1, -0.05) is 12.1 Å². The molecule has 0 aliphatic carbocycles. The first-order valence-corrected chi connectivity index (χ1v) is 8.96. The molecule has 7 nitrogen and oxygen atoms in total. The average Bonchev–Trinajstić information content (AvgIpc) is 3.23. The fourth-order valence-corrected chi connectivity index (χ4v) is 3.29. The molecule has 1 aromatic carbocycles. The lowest BCUT2D eigenvalue weighted by Crippen LogP contribution is -2.07. The number of anilines is 1. The highest BCUT2D eigenvalue weighted by Crippen LogP contribution is 2.27. The van der Waals surface area contributed by atoms with Crippen LogP contribution in [0.2, 0.25) is 0 Å². The van der Waals surface area contributed by atoms with Gasteiger partial charge in [0.15, 0.2) is 5.65 Å². The van der Waals surface area contributed by atoms with Crippen molar-refractivity contribution in [3.63, 3.8) is 0 Å². The minimum absolute atomic E-state index is 0.762. The molecule has 2 N–H and O–H groups in total. The van der Waals surface area contributed by atoms with Gasteiger partial charge in [-0.2, -0.15) is 5.10 Å². The van der Waals surface area contributed by atoms with E-state index in [1.54, 1.807) is 18.1 Å². The molecule has 0 aliphatic heterocycles. The molecule has 0 saturated heterocycles. The number of rotatable bonds is 6. The van der Waals surface area contributed by atoms with Gasteiger partial charge < -0.3 is 9.88 Å². The second kappa shape index (κ2) is 6.48. The lowest BCUT2D eigenvalue weighted by atomic mass is 10.3. The van der Waals surface area contributed by atoms with Gasteiger partial charge in [0, 0.05) is 13.1 Å². The van der Waals surface area contributed by atoms with E-state index in [9.17, 15) is 0 Å². The standard InChI is InChI=1S/C16H17N7S/c1-24-16-13-14(18-9-19-15(13)21-22-16)17-7-4-8-23-10-20-11-5-2-3-6-12(11)23/h2-3,5-6,9-10H,4,7-8H2,1H3,(H2,17,18,19,21,22). The molecule has 4 rings (SSSR count). The third-order valence-corrected chi connectivity index (χ3v) is 4.60. The zero-order valence-electron chi connectivity index (χ0n) is 13.2. The molecule has 0 amide bonds. The first-order chi connectivity index (χ1) is 11.9. The summed E-state index contributed by atoms with van der Waals surface area (Å²) < 4.78 is 2.18. The summed E-state index contributed by atoms with van der Waals surface area (Å²) in [5, 5.41) is 12.5. The molecule has 0 atom stereocenters. The number of nitrogens with zero attached hydrogens (tertiary/aromatic N) is 5. The van der Waals surface area contributed by atoms with Crippen molar-refractivity contribution < 1.29 is 0 Å². The predicted octanol–water partition coefficient (Wildman–Crippen LogP) is 2.93. The molecular weight excluding hydrogens is 322 g/mol. The molecule has 0 bridgehead atoms. The Labute approximate surface area is 142 Å². The van der Waals surface area contributed by atoms with Crippen molar-refractivity contribution in [3.05, 3.63) is 36.9 Å². The first kappa shape index (κ1) is 14.9. The fraction of sp³-hybridized carbons (Fsp3) is 0.250. The molecule has 122 valence electrons. The third kappa shape index (κ3) is 2.69. The Morgan fingerprint density at radius 2 is 2.12 bits per heavy atom. The maximum absolute atomic E-state index is 4.42. The number of fused-ring (bicyclic) bond motifs is 2. The normalized spacial score (nSPS) is 11.4. The third-order valence-electron chi connectivity index (χ3n) is 3.91. The predicted molar refractivity (Wildman–Crippen MR) is 96.3 cm³/mol. The minimum atomic E-state index is 0.762. The Morgan fingerprint density at radius 1 is 1.21 bits per heavy atom. The van der Waals surface area contributed by atoms with Crippen molar-refractivity contribution in [1.29, 1.82) is 0 Å². The number of hydrogen-bond acceptors (Lipinski definition) is 6. The number of hydrogen-bond donors (Lipinski definition) is 2. The Bertz CT molecular complexity index is 975. The van der Waals surface area contributed by atoms with Crippen LogP contribution in [0.1, 0.15) is 6.42 Å². The summed E-state index contributed by atoms with van der Waals surface area (Å²) in [4.78, 5) is 13.0. The van der Waals surface area contributed by atoms with E-state index in [2.05, 4.69) is 41.1 Å². The molecule has 0 saturated carbocycles. The summed E-state index contributed by atoms with van der Waals surface area (Å²) in [5.41, 5.74) is 2.96. The maximum Gasteiger partial charge on any atom is 0.161 e. The number of benzene rings is 1. The fourth-order valence-electron chi connectivity index (χ4n) is 2.76. The van der Waals surface area contributed by atoms with E-state index in [4.69, 9.17) is 0 Å². The van der Waals surface area contributed by atoms with Crippen molar-refractivity contribution in [2.75, 3.05) is 18.1 Å². The van der Waals surface area contributed by atoms with Gasteiger partial charge in [0.05, 0.1) is 22.7 Å². The summed E-state index contributed by atoms with van der Waals surface area (Å²) >= 11 is 1.58. The SMILES string of the molecule is CSc1n[nH]c2ncnc(NCCCn3cnc4ccccc43)c12. The zero-order chi connectivity index (χ0) is 16.4. The quantitative estimate of drug-likeness (QED) is 0.415. The Kier molecular flexibility index (Phi) is 4.04. The maximum atomic E-state index is 4.42. The summed E-state index contributed by atoms with van der Waals surface area (Å²) in [6.07, 6.45) is 6.42. The van der Waals surface area contributed by atoms with Crippen molar-refractivity contribution in [2.45, 2.75) is 18.0 Å². The zero-order valence-corrected chi connectivity index (χ0v) is 14.0. The van der Waals surface area contributed by atoms with Gasteiger partial charge in [0.2, 0.25) is 0 Å². The molecule has 0 unspecified atom stereocenters. The van der Waals surface area contributed by atoms with Crippen molar-refractivity contribution in [2.24, 2.45) is 0 Å². The molecule has 3 heterocycles. The van der Waals surface area contributed by atoms with Crippen LogP contribution in [-0.2, 0) is 6.54 Å². The van der Waals surface area contributed by atoms with Gasteiger partial charge in [-0.25, -0.2) is 15.0 Å². The van der Waals surface area contributed by atoms with Gasteiger partial charge in [-0.3, -0.25) is 5.10 Å². The molecule has 4 aromatic rings. The van der Waals surface area contributed by atoms with Gasteiger partial charge in [-0.15, -0.1) is 11.8 Å². The van der Waals surface area contributed by atoms with Crippen LogP contribution in [0.25, 0.3) is 22.1 Å². The monoisotopic (exact) mass is 339 g/mol. The smallest absolute Gasteiger partial charge is 0.161 e. The number of nitrogens with one attached hydrogen (secondary N) is 2. The molecule has 8 heteroatoms. The summed E-state index contributed by atoms with van der Waals surface area (Å²) in [6, 6.07) is 8.18. The number of H-pyrrole nitrogens is 1. The van der Waals surface area contributed by atoms with Crippen LogP contribution >= 0.6 is 11.8 Å². The minimum Gasteiger partial charge on any atom is -0.369 e. The van der Waals surface area contributed by atoms with Gasteiger partial charge in [0.1, 0.15) is 17.2 Å². The Morgan fingerprint density at radius 3 is 3.04 bits per heavy atom. The second-order valence-corrected chi connectivity index (χ2v) is 6.18. The Balaban J connectivity index is 1.44. The lowest BCUT2D eigenvalue weighted by Gasteiger charge is -2.08. The topological polar surface area (TPSA) is 84.3 Å².